The van der Waals surface area contributed by atoms with Crippen molar-refractivity contribution in [3.05, 3.63) is 43.0 Å². The second kappa shape index (κ2) is 3.92. The molecule has 0 unspecified atom stereocenters. The van der Waals surface area contributed by atoms with E-state index in [1.54, 1.807) is 0 Å². The molecule has 1 nitrogen and oxygen atoms in total. The average molecular weight is 430 g/mol. The first-order chi connectivity index (χ1) is 8.37. The van der Waals surface area contributed by atoms with E-state index in [1.807, 2.05) is 0 Å². The summed E-state index contributed by atoms with van der Waals surface area (Å²) in [6.45, 7) is 4.29. The van der Waals surface area contributed by atoms with Crippen LogP contribution in [0.2, 0.25) is 13.4 Å². The van der Waals surface area contributed by atoms with E-state index in [2.05, 4.69) is 63.3 Å². The summed E-state index contributed by atoms with van der Waals surface area (Å²) in [5, 5.41) is 0. The van der Waals surface area contributed by atoms with Gasteiger partial charge in [0.25, 0.3) is 0 Å². The first kappa shape index (κ1) is 21.5. The predicted octanol–water partition coefficient (Wildman–Crippen LogP) is 4.36. The molecule has 2 aliphatic carbocycles. The van der Waals surface area contributed by atoms with E-state index < -0.39 is 13.4 Å². The Hall–Kier alpha value is 0.470. The molecule has 2 aliphatic rings. The largest absolute Gasteiger partial charge is 0.147 e. The first-order valence-corrected chi connectivity index (χ1v) is 27.6. The van der Waals surface area contributed by atoms with Gasteiger partial charge in [0.2, 0.25) is 0 Å². The third kappa shape index (κ3) is 2.19. The normalized spacial score (nSPS) is 24.4. The van der Waals surface area contributed by atoms with Gasteiger partial charge in [-0.15, -0.1) is 24.8 Å². The van der Waals surface area contributed by atoms with E-state index in [4.69, 9.17) is 0 Å². The summed E-state index contributed by atoms with van der Waals surface area (Å²) in [6, 6.07) is 0. The van der Waals surface area contributed by atoms with Gasteiger partial charge in [-0.05, 0) is 0 Å². The van der Waals surface area contributed by atoms with Crippen molar-refractivity contribution >= 4 is 35.9 Å². The van der Waals surface area contributed by atoms with Crippen LogP contribution in [0.5, 0.6) is 0 Å². The van der Waals surface area contributed by atoms with Crippen LogP contribution >= 0.6 is 24.8 Å². The Morgan fingerprint density at radius 2 is 1.48 bits per heavy atom. The second-order valence-corrected chi connectivity index (χ2v) is 79.5. The smallest absolute Gasteiger partial charge is 0.147 e. The van der Waals surface area contributed by atoms with Crippen molar-refractivity contribution in [1.82, 2.24) is 0 Å². The molecule has 0 aliphatic heterocycles. The van der Waals surface area contributed by atoms with Gasteiger partial charge in [0.1, 0.15) is 0 Å². The molecule has 0 radical (unpaired) electrons. The Morgan fingerprint density at radius 3 is 1.67 bits per heavy atom. The van der Waals surface area contributed by atoms with Gasteiger partial charge in [-0.3, -0.25) is 0 Å². The summed E-state index contributed by atoms with van der Waals surface area (Å²) in [5.74, 6) is 0. The Balaban J connectivity index is 0.00000200. The maximum atomic E-state index is 13.0. The monoisotopic (exact) mass is 427 g/mol. The van der Waals surface area contributed by atoms with Crippen LogP contribution < -0.4 is 0 Å². The van der Waals surface area contributed by atoms with Crippen LogP contribution in [0.15, 0.2) is 43.0 Å². The minimum atomic E-state index is -5.49. The molecule has 0 spiro atoms. The molecule has 0 bridgehead atoms. The minimum absolute atomic E-state index is 0. The summed E-state index contributed by atoms with van der Waals surface area (Å²) in [6.07, 6.45) is 14.8. The summed E-state index contributed by atoms with van der Waals surface area (Å²) in [4.78, 5) is 0. The van der Waals surface area contributed by atoms with Crippen LogP contribution in [-0.4, -0.2) is 14.3 Å². The van der Waals surface area contributed by atoms with Crippen molar-refractivity contribution in [1.29, 1.82) is 0 Å². The van der Waals surface area contributed by atoms with E-state index in [0.29, 0.717) is 0 Å². The Labute approximate surface area is 134 Å². The minimum Gasteiger partial charge on any atom is -0.147 e. The van der Waals surface area contributed by atoms with Gasteiger partial charge < -0.3 is 0 Å². The molecule has 0 amide bonds. The molecule has 0 saturated heterocycles. The molecular formula is C16H31Cl2OSiZr. The number of halogens is 2. The van der Waals surface area contributed by atoms with Crippen LogP contribution in [0.25, 0.3) is 0 Å². The van der Waals surface area contributed by atoms with Crippen LogP contribution in [0.3, 0.4) is 0 Å². The number of allylic oxidation sites excluding steroid dienone is 8. The third-order valence-corrected chi connectivity index (χ3v) is 57.8. The molecule has 2 rings (SSSR count). The van der Waals surface area contributed by atoms with E-state index in [-0.39, 0.29) is 24.8 Å². The van der Waals surface area contributed by atoms with E-state index >= 15 is 0 Å². The van der Waals surface area contributed by atoms with Crippen molar-refractivity contribution in [2.75, 3.05) is 0 Å². The molecule has 0 heterocycles. The van der Waals surface area contributed by atoms with Crippen molar-refractivity contribution in [2.45, 2.75) is 40.1 Å². The number of rotatable bonds is 3. The zero-order valence-electron chi connectivity index (χ0n) is 13.9. The van der Waals surface area contributed by atoms with Gasteiger partial charge in [-0.2, -0.15) is 0 Å². The van der Waals surface area contributed by atoms with Gasteiger partial charge in [-0.1, -0.05) is 0 Å². The number of hydrogen-bond acceptors (Lipinski definition) is 1. The van der Waals surface area contributed by atoms with Gasteiger partial charge in [0, 0.05) is 0 Å². The van der Waals surface area contributed by atoms with Gasteiger partial charge in [0.15, 0.2) is 0 Å². The molecule has 0 fully saturated rings. The van der Waals surface area contributed by atoms with Crippen LogP contribution in [0.1, 0.15) is 26.7 Å². The summed E-state index contributed by atoms with van der Waals surface area (Å²) in [7, 11) is 0.773. The number of hydrogen-bond donors (Lipinski definition) is 1. The van der Waals surface area contributed by atoms with E-state index in [9.17, 15) is 3.18 Å². The third-order valence-electron chi connectivity index (χ3n) is 8.17. The average Bonchev–Trinajstić information content (AvgIpc) is 3.04. The summed E-state index contributed by atoms with van der Waals surface area (Å²) in [5.41, 5.74) is 0. The van der Waals surface area contributed by atoms with Gasteiger partial charge >= 0.3 is 111 Å². The fraction of sp³-hybridized carbons (Fsp3) is 0.438. The zero-order chi connectivity index (χ0) is 14.6. The fourth-order valence-electron chi connectivity index (χ4n) is 4.07. The van der Waals surface area contributed by atoms with Crippen LogP contribution in [0.4, 0.5) is 0 Å². The van der Waals surface area contributed by atoms with E-state index in [1.165, 1.54) is 6.56 Å². The predicted molar refractivity (Wildman–Crippen MR) is 104 cm³/mol. The second-order valence-electron chi connectivity index (χ2n) is 10.4. The Morgan fingerprint density at radius 1 is 1.10 bits per heavy atom. The Bertz CT molecular complexity index is 706. The summed E-state index contributed by atoms with van der Waals surface area (Å²) < 4.78 is 23.1. The molecular weight excluding hydrogens is 398 g/mol. The van der Waals surface area contributed by atoms with Crippen molar-refractivity contribution in [3.8, 4) is 0 Å². The Kier molecular flexibility index (Phi) is 4.01. The molecule has 21 heavy (non-hydrogen) atoms. The topological polar surface area (TPSA) is 20.2 Å². The van der Waals surface area contributed by atoms with Crippen LogP contribution in [-0.2, 0) is 13.4 Å². The molecule has 5 heteroatoms. The standard InChI is InChI=1S/2C5H5.C2H5.C2H4.2CH3.2ClH.H2O.H3Si.Zr/c2*1-2-4-5-3-1;2*1-2;;;;;;;/h2*1-3H,4H2;1H2,2H3;1H,2H3;2*1H3;2*1H;1H2;1H3;/q;;;;;;;;;;+1/p-1. The van der Waals surface area contributed by atoms with E-state index in [0.717, 1.165) is 24.3 Å². The quantitative estimate of drug-likeness (QED) is 0.661. The van der Waals surface area contributed by atoms with Gasteiger partial charge in [-0.25, -0.2) is 0 Å². The zero-order valence-corrected chi connectivity index (χ0v) is 20.0. The molecule has 0 atom stereocenters. The molecule has 123 valence electrons. The fourth-order valence-corrected chi connectivity index (χ4v) is 25.1. The SMILES string of the molecule is C[CH]=[Zr]([CH3])([CH3])([OH])([SiH3])([CH2]C)([C]1=CC=CC1)[C]1=CC=CC1.Cl.Cl. The van der Waals surface area contributed by atoms with Crippen molar-refractivity contribution < 1.29 is 16.6 Å². The maximum Gasteiger partial charge on any atom is -0.147 e. The summed E-state index contributed by atoms with van der Waals surface area (Å²) >= 11 is -5.49. The molecule has 1 N–H and O–H groups in total. The molecule has 0 aromatic heterocycles. The van der Waals surface area contributed by atoms with Crippen molar-refractivity contribution in [2.24, 2.45) is 0 Å². The molecule has 0 saturated carbocycles. The van der Waals surface area contributed by atoms with Gasteiger partial charge in [0.05, 0.1) is 0 Å². The van der Waals surface area contributed by atoms with Crippen molar-refractivity contribution in [3.63, 3.8) is 0 Å². The first-order valence-electron chi connectivity index (χ1n) is 7.58. The molecule has 0 aromatic rings. The maximum absolute atomic E-state index is 13.0. The molecule has 0 aromatic carbocycles. The van der Waals surface area contributed by atoms with Crippen LogP contribution in [0, 0.1) is 0 Å².